The summed E-state index contributed by atoms with van der Waals surface area (Å²) in [4.78, 5) is 4.66. The van der Waals surface area contributed by atoms with Crippen LogP contribution in [0.15, 0.2) is 5.38 Å². The maximum Gasteiger partial charge on any atom is 0.0960 e. The van der Waals surface area contributed by atoms with Crippen LogP contribution >= 0.6 is 11.3 Å². The van der Waals surface area contributed by atoms with Gasteiger partial charge in [0.05, 0.1) is 16.2 Å². The predicted molar refractivity (Wildman–Crippen MR) is 53.8 cm³/mol. The van der Waals surface area contributed by atoms with Crippen molar-refractivity contribution in [1.29, 1.82) is 0 Å². The van der Waals surface area contributed by atoms with Gasteiger partial charge in [-0.05, 0) is 32.1 Å². The Balaban J connectivity index is 1.87. The summed E-state index contributed by atoms with van der Waals surface area (Å²) in [6.45, 7) is 0. The number of hydrogen-bond donors (Lipinski definition) is 1. The summed E-state index contributed by atoms with van der Waals surface area (Å²) in [5.41, 5.74) is 7.31. The number of aromatic nitrogens is 1. The first-order chi connectivity index (χ1) is 6.28. The zero-order chi connectivity index (χ0) is 8.89. The average Bonchev–Trinajstić information content (AvgIpc) is 2.80. The van der Waals surface area contributed by atoms with E-state index < -0.39 is 0 Å². The normalized spacial score (nSPS) is 25.6. The molecule has 0 aromatic carbocycles. The van der Waals surface area contributed by atoms with Crippen molar-refractivity contribution in [3.63, 3.8) is 0 Å². The number of nitrogens with two attached hydrogens (primary N) is 1. The molecule has 1 aromatic rings. The van der Waals surface area contributed by atoms with Crippen molar-refractivity contribution in [2.75, 3.05) is 0 Å². The average molecular weight is 194 g/mol. The van der Waals surface area contributed by atoms with Gasteiger partial charge in [0.2, 0.25) is 0 Å². The number of thiazole rings is 1. The van der Waals surface area contributed by atoms with Crippen LogP contribution in [-0.4, -0.2) is 4.98 Å². The third-order valence-corrected chi connectivity index (χ3v) is 4.21. The fraction of sp³-hybridized carbons (Fsp3) is 0.700. The maximum absolute atomic E-state index is 6.20. The minimum Gasteiger partial charge on any atom is -0.320 e. The van der Waals surface area contributed by atoms with Crippen LogP contribution in [0.4, 0.5) is 0 Å². The second-order valence-corrected chi connectivity index (χ2v) is 5.24. The van der Waals surface area contributed by atoms with E-state index in [1.54, 1.807) is 11.3 Å². The number of hydrogen-bond acceptors (Lipinski definition) is 3. The molecular weight excluding hydrogens is 180 g/mol. The summed E-state index contributed by atoms with van der Waals surface area (Å²) in [6, 6.07) is 0. The van der Waals surface area contributed by atoms with Crippen LogP contribution in [-0.2, 0) is 5.54 Å². The van der Waals surface area contributed by atoms with E-state index in [9.17, 15) is 0 Å². The summed E-state index contributed by atoms with van der Waals surface area (Å²) in [5, 5.41) is 3.50. The topological polar surface area (TPSA) is 38.9 Å². The van der Waals surface area contributed by atoms with E-state index in [-0.39, 0.29) is 5.54 Å². The van der Waals surface area contributed by atoms with Gasteiger partial charge in [0.25, 0.3) is 0 Å². The molecule has 0 radical (unpaired) electrons. The first-order valence-electron chi connectivity index (χ1n) is 5.03. The Bertz CT molecular complexity index is 323. The molecule has 13 heavy (non-hydrogen) atoms. The third-order valence-electron chi connectivity index (χ3n) is 3.20. The molecule has 1 heterocycles. The standard InChI is InChI=1S/C10H14N2S/c11-10(4-1-5-10)8-6-13-9(12-8)7-2-3-7/h6-7H,1-5,11H2. The quantitative estimate of drug-likeness (QED) is 0.785. The molecule has 3 rings (SSSR count). The van der Waals surface area contributed by atoms with Crippen LogP contribution in [0.2, 0.25) is 0 Å². The zero-order valence-electron chi connectivity index (χ0n) is 7.62. The van der Waals surface area contributed by atoms with Crippen LogP contribution in [0.25, 0.3) is 0 Å². The van der Waals surface area contributed by atoms with Gasteiger partial charge < -0.3 is 5.73 Å². The van der Waals surface area contributed by atoms with Crippen molar-refractivity contribution >= 4 is 11.3 Å². The largest absolute Gasteiger partial charge is 0.320 e. The van der Waals surface area contributed by atoms with E-state index in [4.69, 9.17) is 5.73 Å². The van der Waals surface area contributed by atoms with E-state index in [2.05, 4.69) is 10.4 Å². The highest BCUT2D eigenvalue weighted by Crippen LogP contribution is 2.44. The zero-order valence-corrected chi connectivity index (χ0v) is 8.44. The van der Waals surface area contributed by atoms with Crippen LogP contribution in [0.5, 0.6) is 0 Å². The van der Waals surface area contributed by atoms with Crippen molar-refractivity contribution in [3.05, 3.63) is 16.1 Å². The fourth-order valence-electron chi connectivity index (χ4n) is 1.85. The monoisotopic (exact) mass is 194 g/mol. The Labute approximate surface area is 82.2 Å². The highest BCUT2D eigenvalue weighted by atomic mass is 32.1. The lowest BCUT2D eigenvalue weighted by Gasteiger charge is -2.36. The molecule has 2 N–H and O–H groups in total. The first-order valence-corrected chi connectivity index (χ1v) is 5.91. The summed E-state index contributed by atoms with van der Waals surface area (Å²) >= 11 is 1.81. The van der Waals surface area contributed by atoms with Crippen molar-refractivity contribution in [2.45, 2.75) is 43.6 Å². The van der Waals surface area contributed by atoms with Crippen molar-refractivity contribution in [2.24, 2.45) is 5.73 Å². The Morgan fingerprint density at radius 3 is 2.77 bits per heavy atom. The van der Waals surface area contributed by atoms with Crippen LogP contribution in [0.1, 0.15) is 48.7 Å². The maximum atomic E-state index is 6.20. The number of nitrogens with zero attached hydrogens (tertiary/aromatic N) is 1. The molecule has 2 aliphatic rings. The Morgan fingerprint density at radius 1 is 1.46 bits per heavy atom. The van der Waals surface area contributed by atoms with Gasteiger partial charge in [-0.2, -0.15) is 0 Å². The third kappa shape index (κ3) is 1.22. The minimum absolute atomic E-state index is 0.0519. The van der Waals surface area contributed by atoms with E-state index in [1.165, 1.54) is 24.3 Å². The van der Waals surface area contributed by atoms with Crippen molar-refractivity contribution in [1.82, 2.24) is 4.98 Å². The van der Waals surface area contributed by atoms with Crippen molar-refractivity contribution in [3.8, 4) is 0 Å². The van der Waals surface area contributed by atoms with Gasteiger partial charge in [0.15, 0.2) is 0 Å². The first kappa shape index (κ1) is 7.94. The molecule has 0 aliphatic heterocycles. The van der Waals surface area contributed by atoms with Gasteiger partial charge in [-0.15, -0.1) is 11.3 Å². The van der Waals surface area contributed by atoms with E-state index >= 15 is 0 Å². The molecule has 0 spiro atoms. The summed E-state index contributed by atoms with van der Waals surface area (Å²) in [5.74, 6) is 0.780. The highest BCUT2D eigenvalue weighted by Gasteiger charge is 2.37. The highest BCUT2D eigenvalue weighted by molar-refractivity contribution is 7.09. The number of rotatable bonds is 2. The SMILES string of the molecule is NC1(c2csc(C3CC3)n2)CCC1. The molecule has 2 aliphatic carbocycles. The molecule has 0 amide bonds. The molecule has 2 fully saturated rings. The minimum atomic E-state index is -0.0519. The molecule has 0 bridgehead atoms. The molecule has 0 saturated heterocycles. The molecule has 0 atom stereocenters. The van der Waals surface area contributed by atoms with E-state index in [0.29, 0.717) is 0 Å². The lowest BCUT2D eigenvalue weighted by Crippen LogP contribution is -2.43. The fourth-order valence-corrected chi connectivity index (χ4v) is 2.95. The summed E-state index contributed by atoms with van der Waals surface area (Å²) in [7, 11) is 0. The van der Waals surface area contributed by atoms with Gasteiger partial charge in [-0.25, -0.2) is 4.98 Å². The smallest absolute Gasteiger partial charge is 0.0960 e. The molecule has 3 heteroatoms. The van der Waals surface area contributed by atoms with Crippen molar-refractivity contribution < 1.29 is 0 Å². The van der Waals surface area contributed by atoms with Crippen LogP contribution in [0, 0.1) is 0 Å². The Morgan fingerprint density at radius 2 is 2.23 bits per heavy atom. The lowest BCUT2D eigenvalue weighted by atomic mass is 9.76. The van der Waals surface area contributed by atoms with Gasteiger partial charge in [-0.1, -0.05) is 0 Å². The molecule has 2 saturated carbocycles. The van der Waals surface area contributed by atoms with Gasteiger partial charge in [-0.3, -0.25) is 0 Å². The second-order valence-electron chi connectivity index (χ2n) is 4.35. The van der Waals surface area contributed by atoms with Crippen LogP contribution in [0.3, 0.4) is 0 Å². The molecule has 2 nitrogen and oxygen atoms in total. The second kappa shape index (κ2) is 2.55. The van der Waals surface area contributed by atoms with Gasteiger partial charge in [0.1, 0.15) is 0 Å². The van der Waals surface area contributed by atoms with E-state index in [1.807, 2.05) is 0 Å². The summed E-state index contributed by atoms with van der Waals surface area (Å²) < 4.78 is 0. The lowest BCUT2D eigenvalue weighted by molar-refractivity contribution is 0.247. The molecule has 0 unspecified atom stereocenters. The Hall–Kier alpha value is -0.410. The molecule has 70 valence electrons. The Kier molecular flexibility index (Phi) is 1.56. The van der Waals surface area contributed by atoms with Gasteiger partial charge in [0, 0.05) is 11.3 Å². The summed E-state index contributed by atoms with van der Waals surface area (Å²) in [6.07, 6.45) is 6.20. The van der Waals surface area contributed by atoms with Gasteiger partial charge >= 0.3 is 0 Å². The van der Waals surface area contributed by atoms with E-state index in [0.717, 1.165) is 24.5 Å². The molecule has 1 aromatic heterocycles. The molecular formula is C10H14N2S. The van der Waals surface area contributed by atoms with Crippen LogP contribution < -0.4 is 5.73 Å². The predicted octanol–water partition coefficient (Wildman–Crippen LogP) is 2.36.